The topological polar surface area (TPSA) is 60.9 Å². The fraction of sp³-hybridized carbons (Fsp3) is 0.467. The number of carbonyl (C=O) groups is 2. The second-order valence-electron chi connectivity index (χ2n) is 5.10. The van der Waals surface area contributed by atoms with Crippen LogP contribution >= 0.6 is 0 Å². The average Bonchev–Trinajstić information content (AvgIpc) is 2.47. The molecule has 1 atom stereocenters. The zero-order chi connectivity index (χ0) is 15.4. The monoisotopic (exact) mass is 294 g/mol. The van der Waals surface area contributed by atoms with Crippen LogP contribution in [0.25, 0.3) is 0 Å². The van der Waals surface area contributed by atoms with Crippen molar-refractivity contribution >= 4 is 11.9 Å². The predicted octanol–water partition coefficient (Wildman–Crippen LogP) is 1.45. The number of nitrogens with zero attached hydrogens (tertiary/aromatic N) is 2. The minimum absolute atomic E-state index is 0.211. The molecule has 0 bridgehead atoms. The quantitative estimate of drug-likeness (QED) is 0.913. The van der Waals surface area contributed by atoms with Crippen LogP contribution in [0, 0.1) is 5.82 Å². The van der Waals surface area contributed by atoms with E-state index < -0.39 is 17.8 Å². The number of piperazine rings is 1. The van der Waals surface area contributed by atoms with Crippen molar-refractivity contribution in [2.45, 2.75) is 19.4 Å². The molecule has 1 N–H and O–H groups in total. The van der Waals surface area contributed by atoms with Gasteiger partial charge in [0.2, 0.25) is 0 Å². The zero-order valence-electron chi connectivity index (χ0n) is 12.0. The van der Waals surface area contributed by atoms with E-state index in [2.05, 4.69) is 0 Å². The van der Waals surface area contributed by atoms with Crippen molar-refractivity contribution in [2.75, 3.05) is 26.2 Å². The van der Waals surface area contributed by atoms with E-state index in [0.717, 1.165) is 0 Å². The summed E-state index contributed by atoms with van der Waals surface area (Å²) in [6.07, 6.45) is 0.535. The minimum atomic E-state index is -0.831. The Kier molecular flexibility index (Phi) is 4.90. The molecule has 1 amide bonds. The smallest absolute Gasteiger partial charge is 0.320 e. The van der Waals surface area contributed by atoms with Crippen molar-refractivity contribution in [1.82, 2.24) is 9.80 Å². The summed E-state index contributed by atoms with van der Waals surface area (Å²) >= 11 is 0. The van der Waals surface area contributed by atoms with Crippen molar-refractivity contribution in [1.29, 1.82) is 0 Å². The molecule has 114 valence electrons. The predicted molar refractivity (Wildman–Crippen MR) is 75.6 cm³/mol. The summed E-state index contributed by atoms with van der Waals surface area (Å²) in [5, 5.41) is 9.15. The number of carboxylic acid groups (broad SMARTS) is 1. The third-order valence-corrected chi connectivity index (χ3v) is 3.79. The van der Waals surface area contributed by atoms with Crippen LogP contribution in [0.3, 0.4) is 0 Å². The SMILES string of the molecule is CCC(C(=O)O)N1CCN(C(=O)c2cccc(F)c2)CC1. The van der Waals surface area contributed by atoms with Gasteiger partial charge in [-0.2, -0.15) is 0 Å². The lowest BCUT2D eigenvalue weighted by atomic mass is 10.1. The van der Waals surface area contributed by atoms with Gasteiger partial charge in [0.05, 0.1) is 0 Å². The van der Waals surface area contributed by atoms with Gasteiger partial charge in [-0.05, 0) is 24.6 Å². The second kappa shape index (κ2) is 6.67. The first-order valence-corrected chi connectivity index (χ1v) is 7.04. The molecule has 1 unspecified atom stereocenters. The summed E-state index contributed by atoms with van der Waals surface area (Å²) < 4.78 is 13.2. The molecular formula is C15H19FN2O3. The molecule has 1 aromatic carbocycles. The molecule has 5 nitrogen and oxygen atoms in total. The van der Waals surface area contributed by atoms with Gasteiger partial charge in [-0.25, -0.2) is 4.39 Å². The highest BCUT2D eigenvalue weighted by molar-refractivity contribution is 5.94. The van der Waals surface area contributed by atoms with Gasteiger partial charge in [0, 0.05) is 31.7 Å². The molecule has 2 rings (SSSR count). The number of rotatable bonds is 4. The van der Waals surface area contributed by atoms with Crippen LogP contribution in [0.1, 0.15) is 23.7 Å². The van der Waals surface area contributed by atoms with E-state index in [1.54, 1.807) is 11.0 Å². The Labute approximate surface area is 123 Å². The van der Waals surface area contributed by atoms with Crippen molar-refractivity contribution in [2.24, 2.45) is 0 Å². The van der Waals surface area contributed by atoms with Gasteiger partial charge in [0.1, 0.15) is 11.9 Å². The third-order valence-electron chi connectivity index (χ3n) is 3.79. The van der Waals surface area contributed by atoms with E-state index in [4.69, 9.17) is 5.11 Å². The highest BCUT2D eigenvalue weighted by Gasteiger charge is 2.29. The van der Waals surface area contributed by atoms with E-state index in [1.165, 1.54) is 18.2 Å². The molecule has 0 aromatic heterocycles. The van der Waals surface area contributed by atoms with Gasteiger partial charge in [0.15, 0.2) is 0 Å². The highest BCUT2D eigenvalue weighted by atomic mass is 19.1. The van der Waals surface area contributed by atoms with Crippen LogP contribution in [0.5, 0.6) is 0 Å². The fourth-order valence-electron chi connectivity index (χ4n) is 2.63. The van der Waals surface area contributed by atoms with Gasteiger partial charge < -0.3 is 10.0 Å². The van der Waals surface area contributed by atoms with Crippen molar-refractivity contribution in [3.8, 4) is 0 Å². The van der Waals surface area contributed by atoms with E-state index in [-0.39, 0.29) is 5.91 Å². The number of benzene rings is 1. The molecule has 1 aliphatic heterocycles. The van der Waals surface area contributed by atoms with Gasteiger partial charge in [0.25, 0.3) is 5.91 Å². The van der Waals surface area contributed by atoms with Gasteiger partial charge in [-0.15, -0.1) is 0 Å². The maximum Gasteiger partial charge on any atom is 0.320 e. The van der Waals surface area contributed by atoms with Crippen LogP contribution in [-0.2, 0) is 4.79 Å². The second-order valence-corrected chi connectivity index (χ2v) is 5.10. The molecule has 21 heavy (non-hydrogen) atoms. The molecule has 0 radical (unpaired) electrons. The van der Waals surface area contributed by atoms with Crippen LogP contribution in [0.2, 0.25) is 0 Å². The molecule has 1 heterocycles. The normalized spacial score (nSPS) is 17.5. The number of halogens is 1. The molecule has 0 aliphatic carbocycles. The van der Waals surface area contributed by atoms with Crippen LogP contribution in [0.4, 0.5) is 4.39 Å². The van der Waals surface area contributed by atoms with Crippen LogP contribution in [-0.4, -0.2) is 59.0 Å². The first kappa shape index (κ1) is 15.4. The number of hydrogen-bond donors (Lipinski definition) is 1. The van der Waals surface area contributed by atoms with Crippen molar-refractivity contribution in [3.05, 3.63) is 35.6 Å². The first-order chi connectivity index (χ1) is 10.0. The summed E-state index contributed by atoms with van der Waals surface area (Å²) in [5.41, 5.74) is 0.328. The Morgan fingerprint density at radius 1 is 1.29 bits per heavy atom. The largest absolute Gasteiger partial charge is 0.480 e. The average molecular weight is 294 g/mol. The Hall–Kier alpha value is -1.95. The first-order valence-electron chi connectivity index (χ1n) is 7.04. The number of carbonyl (C=O) groups excluding carboxylic acids is 1. The Morgan fingerprint density at radius 2 is 1.95 bits per heavy atom. The van der Waals surface area contributed by atoms with Gasteiger partial charge in [-0.3, -0.25) is 14.5 Å². The third kappa shape index (κ3) is 3.58. The molecule has 0 spiro atoms. The van der Waals surface area contributed by atoms with Gasteiger partial charge >= 0.3 is 5.97 Å². The maximum absolute atomic E-state index is 13.2. The fourth-order valence-corrected chi connectivity index (χ4v) is 2.63. The van der Waals surface area contributed by atoms with Crippen molar-refractivity contribution in [3.63, 3.8) is 0 Å². The molecule has 6 heteroatoms. The van der Waals surface area contributed by atoms with E-state index in [0.29, 0.717) is 38.2 Å². The molecule has 1 fully saturated rings. The number of carboxylic acids is 1. The summed E-state index contributed by atoms with van der Waals surface area (Å²) in [4.78, 5) is 26.9. The Morgan fingerprint density at radius 3 is 2.48 bits per heavy atom. The highest BCUT2D eigenvalue weighted by Crippen LogP contribution is 2.13. The number of hydrogen-bond acceptors (Lipinski definition) is 3. The maximum atomic E-state index is 13.2. The van der Waals surface area contributed by atoms with E-state index >= 15 is 0 Å². The summed E-state index contributed by atoms with van der Waals surface area (Å²) in [7, 11) is 0. The zero-order valence-corrected chi connectivity index (χ0v) is 12.0. The summed E-state index contributed by atoms with van der Waals surface area (Å²) in [6.45, 7) is 3.79. The van der Waals surface area contributed by atoms with E-state index in [1.807, 2.05) is 11.8 Å². The van der Waals surface area contributed by atoms with Crippen LogP contribution in [0.15, 0.2) is 24.3 Å². The lowest BCUT2D eigenvalue weighted by Gasteiger charge is -2.37. The number of aliphatic carboxylic acids is 1. The molecule has 1 saturated heterocycles. The lowest BCUT2D eigenvalue weighted by Crippen LogP contribution is -2.53. The van der Waals surface area contributed by atoms with Crippen LogP contribution < -0.4 is 0 Å². The summed E-state index contributed by atoms with van der Waals surface area (Å²) in [6, 6.07) is 5.12. The molecule has 1 aromatic rings. The van der Waals surface area contributed by atoms with E-state index in [9.17, 15) is 14.0 Å². The molecular weight excluding hydrogens is 275 g/mol. The standard InChI is InChI=1S/C15H19FN2O3/c1-2-13(15(20)21)17-6-8-18(9-7-17)14(19)11-4-3-5-12(16)10-11/h3-5,10,13H,2,6-9H2,1H3,(H,20,21). The summed E-state index contributed by atoms with van der Waals surface area (Å²) in [5.74, 6) is -1.48. The molecule has 1 aliphatic rings. The van der Waals surface area contributed by atoms with Crippen molar-refractivity contribution < 1.29 is 19.1 Å². The Balaban J connectivity index is 1.97. The lowest BCUT2D eigenvalue weighted by molar-refractivity contribution is -0.144. The minimum Gasteiger partial charge on any atom is -0.480 e. The Bertz CT molecular complexity index is 527. The van der Waals surface area contributed by atoms with Gasteiger partial charge in [-0.1, -0.05) is 13.0 Å². The molecule has 0 saturated carbocycles. The number of amides is 1.